The van der Waals surface area contributed by atoms with Gasteiger partial charge >= 0.3 is 0 Å². The van der Waals surface area contributed by atoms with Crippen LogP contribution in [0, 0.1) is 5.92 Å². The Morgan fingerprint density at radius 3 is 2.29 bits per heavy atom. The first-order chi connectivity index (χ1) is 14.8. The van der Waals surface area contributed by atoms with E-state index in [0.29, 0.717) is 17.1 Å². The minimum atomic E-state index is -0.626. The molecule has 0 saturated carbocycles. The van der Waals surface area contributed by atoms with E-state index < -0.39 is 6.04 Å². The molecule has 3 rings (SSSR count). The number of halogens is 1. The lowest BCUT2D eigenvalue weighted by Crippen LogP contribution is -2.49. The molecule has 2 N–H and O–H groups in total. The fraction of sp³-hybridized carbons (Fsp3) is 0.417. The van der Waals surface area contributed by atoms with Gasteiger partial charge < -0.3 is 20.4 Å². The highest BCUT2D eigenvalue weighted by Gasteiger charge is 2.25. The molecule has 0 bridgehead atoms. The molecule has 7 heteroatoms. The van der Waals surface area contributed by atoms with Gasteiger partial charge in [0.15, 0.2) is 0 Å². The van der Waals surface area contributed by atoms with Gasteiger partial charge in [0.05, 0.1) is 0 Å². The van der Waals surface area contributed by atoms with Crippen molar-refractivity contribution in [3.63, 3.8) is 0 Å². The Morgan fingerprint density at radius 2 is 1.65 bits per heavy atom. The number of hydrogen-bond donors (Lipinski definition) is 2. The molecule has 1 fully saturated rings. The Morgan fingerprint density at radius 1 is 1.00 bits per heavy atom. The predicted octanol–water partition coefficient (Wildman–Crippen LogP) is 3.16. The van der Waals surface area contributed by atoms with Crippen molar-refractivity contribution in [2.75, 3.05) is 38.1 Å². The van der Waals surface area contributed by atoms with E-state index in [0.717, 1.165) is 37.4 Å². The van der Waals surface area contributed by atoms with Crippen molar-refractivity contribution in [3.05, 3.63) is 64.7 Å². The second kappa shape index (κ2) is 10.6. The monoisotopic (exact) mass is 442 g/mol. The highest BCUT2D eigenvalue weighted by Crippen LogP contribution is 2.22. The minimum absolute atomic E-state index is 0.0517. The van der Waals surface area contributed by atoms with Crippen LogP contribution in [-0.4, -0.2) is 56.0 Å². The highest BCUT2D eigenvalue weighted by atomic mass is 35.5. The average molecular weight is 443 g/mol. The van der Waals surface area contributed by atoms with Crippen LogP contribution < -0.4 is 15.5 Å². The largest absolute Gasteiger partial charge is 0.369 e. The number of rotatable bonds is 7. The van der Waals surface area contributed by atoms with Gasteiger partial charge in [-0.25, -0.2) is 0 Å². The number of nitrogens with zero attached hydrogens (tertiary/aromatic N) is 2. The molecule has 1 aliphatic heterocycles. The Kier molecular flexibility index (Phi) is 7.93. The zero-order valence-electron chi connectivity index (χ0n) is 18.4. The SMILES string of the molecule is CC(C)C(NC(=O)c1ccc(Cl)cc1)C(=O)NCc1ccccc1N1CCN(C)CC1. The van der Waals surface area contributed by atoms with Crippen LogP contribution >= 0.6 is 11.6 Å². The Hall–Kier alpha value is -2.57. The van der Waals surface area contributed by atoms with Gasteiger partial charge in [-0.1, -0.05) is 43.6 Å². The number of benzene rings is 2. The number of likely N-dealkylation sites (N-methyl/N-ethyl adjacent to an activating group) is 1. The molecule has 1 heterocycles. The molecule has 2 aromatic rings. The maximum atomic E-state index is 12.9. The first-order valence-electron chi connectivity index (χ1n) is 10.7. The molecule has 31 heavy (non-hydrogen) atoms. The van der Waals surface area contributed by atoms with Crippen LogP contribution in [0.4, 0.5) is 5.69 Å². The first kappa shape index (κ1) is 23.1. The van der Waals surface area contributed by atoms with Crippen molar-refractivity contribution in [3.8, 4) is 0 Å². The van der Waals surface area contributed by atoms with Gasteiger partial charge in [-0.3, -0.25) is 9.59 Å². The molecule has 2 amide bonds. The highest BCUT2D eigenvalue weighted by molar-refractivity contribution is 6.30. The zero-order valence-corrected chi connectivity index (χ0v) is 19.2. The van der Waals surface area contributed by atoms with Crippen molar-refractivity contribution in [2.24, 2.45) is 5.92 Å². The van der Waals surface area contributed by atoms with Gasteiger partial charge in [0.1, 0.15) is 6.04 Å². The molecule has 6 nitrogen and oxygen atoms in total. The van der Waals surface area contributed by atoms with Crippen LogP contribution in [0.15, 0.2) is 48.5 Å². The normalized spacial score (nSPS) is 15.6. The van der Waals surface area contributed by atoms with Gasteiger partial charge in [-0.05, 0) is 48.9 Å². The third-order valence-corrected chi connectivity index (χ3v) is 5.88. The quantitative estimate of drug-likeness (QED) is 0.691. The Bertz CT molecular complexity index is 893. The third kappa shape index (κ3) is 6.21. The van der Waals surface area contributed by atoms with E-state index in [-0.39, 0.29) is 17.7 Å². The zero-order chi connectivity index (χ0) is 22.4. The van der Waals surface area contributed by atoms with Crippen LogP contribution in [0.1, 0.15) is 29.8 Å². The van der Waals surface area contributed by atoms with Crippen LogP contribution in [0.2, 0.25) is 5.02 Å². The number of para-hydroxylation sites is 1. The van der Waals surface area contributed by atoms with Crippen molar-refractivity contribution < 1.29 is 9.59 Å². The van der Waals surface area contributed by atoms with Crippen molar-refractivity contribution in [2.45, 2.75) is 26.4 Å². The molecule has 2 aromatic carbocycles. The number of hydrogen-bond acceptors (Lipinski definition) is 4. The second-order valence-electron chi connectivity index (χ2n) is 8.34. The fourth-order valence-electron chi connectivity index (χ4n) is 3.67. The number of anilines is 1. The Balaban J connectivity index is 1.64. The topological polar surface area (TPSA) is 64.7 Å². The number of amides is 2. The first-order valence-corrected chi connectivity index (χ1v) is 11.1. The van der Waals surface area contributed by atoms with Crippen molar-refractivity contribution >= 4 is 29.1 Å². The third-order valence-electron chi connectivity index (χ3n) is 5.63. The summed E-state index contributed by atoms with van der Waals surface area (Å²) in [6.45, 7) is 8.23. The maximum Gasteiger partial charge on any atom is 0.251 e. The number of piperazine rings is 1. The molecule has 0 radical (unpaired) electrons. The average Bonchev–Trinajstić information content (AvgIpc) is 2.76. The molecule has 0 aromatic heterocycles. The van der Waals surface area contributed by atoms with Gasteiger partial charge in [-0.15, -0.1) is 0 Å². The van der Waals surface area contributed by atoms with Gasteiger partial charge in [-0.2, -0.15) is 0 Å². The second-order valence-corrected chi connectivity index (χ2v) is 8.78. The molecule has 1 unspecified atom stereocenters. The summed E-state index contributed by atoms with van der Waals surface area (Å²) >= 11 is 5.90. The van der Waals surface area contributed by atoms with Gasteiger partial charge in [0.25, 0.3) is 5.91 Å². The molecule has 0 spiro atoms. The fourth-order valence-corrected chi connectivity index (χ4v) is 3.80. The van der Waals surface area contributed by atoms with Crippen LogP contribution in [0.25, 0.3) is 0 Å². The lowest BCUT2D eigenvalue weighted by molar-refractivity contribution is -0.124. The molecule has 1 atom stereocenters. The summed E-state index contributed by atoms with van der Waals surface area (Å²) in [5.74, 6) is -0.530. The van der Waals surface area contributed by atoms with Crippen LogP contribution in [-0.2, 0) is 11.3 Å². The van der Waals surface area contributed by atoms with Crippen LogP contribution in [0.5, 0.6) is 0 Å². The van der Waals surface area contributed by atoms with Gasteiger partial charge in [0, 0.05) is 49.0 Å². The lowest BCUT2D eigenvalue weighted by Gasteiger charge is -2.35. The van der Waals surface area contributed by atoms with Gasteiger partial charge in [0.2, 0.25) is 5.91 Å². The number of carbonyl (C=O) groups is 2. The maximum absolute atomic E-state index is 12.9. The lowest BCUT2D eigenvalue weighted by atomic mass is 10.0. The van der Waals surface area contributed by atoms with E-state index >= 15 is 0 Å². The summed E-state index contributed by atoms with van der Waals surface area (Å²) in [4.78, 5) is 30.2. The summed E-state index contributed by atoms with van der Waals surface area (Å²) in [6, 6.07) is 14.2. The standard InChI is InChI=1S/C24H31ClN4O2/c1-17(2)22(27-23(30)18-8-10-20(25)11-9-18)24(31)26-16-19-6-4-5-7-21(19)29-14-12-28(3)13-15-29/h4-11,17,22H,12-16H2,1-3H3,(H,26,31)(H,27,30). The number of nitrogens with one attached hydrogen (secondary N) is 2. The predicted molar refractivity (Wildman–Crippen MR) is 126 cm³/mol. The summed E-state index contributed by atoms with van der Waals surface area (Å²) in [7, 11) is 2.13. The smallest absolute Gasteiger partial charge is 0.251 e. The van der Waals surface area contributed by atoms with E-state index in [2.05, 4.69) is 33.5 Å². The minimum Gasteiger partial charge on any atom is -0.369 e. The number of carbonyl (C=O) groups excluding carboxylic acids is 2. The molecule has 166 valence electrons. The Labute approximate surface area is 189 Å². The molecule has 0 aliphatic carbocycles. The van der Waals surface area contributed by atoms with Crippen LogP contribution in [0.3, 0.4) is 0 Å². The van der Waals surface area contributed by atoms with Crippen molar-refractivity contribution in [1.29, 1.82) is 0 Å². The molecule has 1 saturated heterocycles. The summed E-state index contributed by atoms with van der Waals surface area (Å²) < 4.78 is 0. The molecular weight excluding hydrogens is 412 g/mol. The van der Waals surface area contributed by atoms with E-state index in [4.69, 9.17) is 11.6 Å². The molecule has 1 aliphatic rings. The van der Waals surface area contributed by atoms with E-state index in [1.807, 2.05) is 32.0 Å². The summed E-state index contributed by atoms with van der Waals surface area (Å²) in [5, 5.41) is 6.45. The summed E-state index contributed by atoms with van der Waals surface area (Å²) in [5.41, 5.74) is 2.71. The molecular formula is C24H31ClN4O2. The van der Waals surface area contributed by atoms with E-state index in [1.165, 1.54) is 0 Å². The summed E-state index contributed by atoms with van der Waals surface area (Å²) in [6.07, 6.45) is 0. The van der Waals surface area contributed by atoms with Crippen molar-refractivity contribution in [1.82, 2.24) is 15.5 Å². The van der Waals surface area contributed by atoms with E-state index in [1.54, 1.807) is 24.3 Å². The van der Waals surface area contributed by atoms with E-state index in [9.17, 15) is 9.59 Å².